The van der Waals surface area contributed by atoms with E-state index in [9.17, 15) is 4.79 Å². The van der Waals surface area contributed by atoms with Crippen molar-refractivity contribution < 1.29 is 4.79 Å². The summed E-state index contributed by atoms with van der Waals surface area (Å²) in [5.74, 6) is -0.0558. The molecule has 0 atom stereocenters. The largest absolute Gasteiger partial charge is 0.352 e. The molecule has 0 saturated carbocycles. The van der Waals surface area contributed by atoms with Crippen LogP contribution in [0.1, 0.15) is 48.8 Å². The third-order valence-electron chi connectivity index (χ3n) is 3.26. The number of hydrogen-bond donors (Lipinski definition) is 1. The maximum Gasteiger partial charge on any atom is 0.254 e. The second-order valence-corrected chi connectivity index (χ2v) is 5.34. The van der Waals surface area contributed by atoms with Crippen LogP contribution in [-0.4, -0.2) is 27.2 Å². The van der Waals surface area contributed by atoms with Crippen molar-refractivity contribution >= 4 is 5.91 Å². The summed E-state index contributed by atoms with van der Waals surface area (Å²) in [5.41, 5.74) is 1.72. The number of amides is 1. The summed E-state index contributed by atoms with van der Waals surface area (Å²) in [5, 5.41) is 7.09. The Hall–Kier alpha value is -2.17. The van der Waals surface area contributed by atoms with Crippen LogP contribution < -0.4 is 5.32 Å². The average molecular weight is 286 g/mol. The van der Waals surface area contributed by atoms with E-state index in [0.29, 0.717) is 12.1 Å². The first-order valence-electron chi connectivity index (χ1n) is 7.39. The number of carbonyl (C=O) groups is 1. The molecule has 1 N–H and O–H groups in total. The van der Waals surface area contributed by atoms with Gasteiger partial charge in [0.05, 0.1) is 11.8 Å². The molecule has 0 radical (unpaired) electrons. The Morgan fingerprint density at radius 3 is 2.86 bits per heavy atom. The Labute approximate surface area is 125 Å². The smallest absolute Gasteiger partial charge is 0.254 e. The van der Waals surface area contributed by atoms with E-state index in [1.807, 2.05) is 38.2 Å². The number of pyridine rings is 1. The Bertz CT molecular complexity index is 563. The van der Waals surface area contributed by atoms with Gasteiger partial charge in [-0.3, -0.25) is 14.5 Å². The number of aromatic nitrogens is 3. The topological polar surface area (TPSA) is 59.8 Å². The van der Waals surface area contributed by atoms with Crippen LogP contribution in [0.4, 0.5) is 0 Å². The molecule has 0 unspecified atom stereocenters. The van der Waals surface area contributed by atoms with Gasteiger partial charge in [0.25, 0.3) is 5.91 Å². The molecule has 1 amide bonds. The lowest BCUT2D eigenvalue weighted by Gasteiger charge is -2.04. The molecule has 5 nitrogen and oxygen atoms in total. The zero-order chi connectivity index (χ0) is 15.1. The molecule has 0 spiro atoms. The van der Waals surface area contributed by atoms with Gasteiger partial charge in [-0.15, -0.1) is 0 Å². The van der Waals surface area contributed by atoms with E-state index in [2.05, 4.69) is 15.4 Å². The minimum absolute atomic E-state index is 0.0558. The van der Waals surface area contributed by atoms with Crippen LogP contribution in [0.3, 0.4) is 0 Å². The normalized spacial score (nSPS) is 10.8. The monoisotopic (exact) mass is 286 g/mol. The third kappa shape index (κ3) is 4.70. The molecule has 0 aromatic carbocycles. The van der Waals surface area contributed by atoms with Gasteiger partial charge in [-0.2, -0.15) is 5.10 Å². The highest BCUT2D eigenvalue weighted by Gasteiger charge is 2.09. The summed E-state index contributed by atoms with van der Waals surface area (Å²) in [6.07, 6.45) is 8.12. The predicted molar refractivity (Wildman–Crippen MR) is 82.1 cm³/mol. The number of nitrogens with one attached hydrogen (secondary N) is 1. The lowest BCUT2D eigenvalue weighted by atomic mass is 10.2. The maximum atomic E-state index is 11.9. The van der Waals surface area contributed by atoms with Crippen LogP contribution in [0.25, 0.3) is 0 Å². The van der Waals surface area contributed by atoms with Gasteiger partial charge in [-0.05, 0) is 45.2 Å². The molecule has 21 heavy (non-hydrogen) atoms. The Balaban J connectivity index is 1.67. The zero-order valence-corrected chi connectivity index (χ0v) is 12.6. The van der Waals surface area contributed by atoms with Gasteiger partial charge < -0.3 is 5.32 Å². The molecule has 0 fully saturated rings. The molecular weight excluding hydrogens is 264 g/mol. The van der Waals surface area contributed by atoms with Crippen LogP contribution in [0.2, 0.25) is 0 Å². The van der Waals surface area contributed by atoms with E-state index in [4.69, 9.17) is 0 Å². The Kier molecular flexibility index (Phi) is 5.49. The van der Waals surface area contributed by atoms with Crippen LogP contribution in [0.5, 0.6) is 0 Å². The van der Waals surface area contributed by atoms with E-state index in [-0.39, 0.29) is 11.9 Å². The van der Waals surface area contributed by atoms with Crippen LogP contribution in [0, 0.1) is 0 Å². The van der Waals surface area contributed by atoms with Gasteiger partial charge >= 0.3 is 0 Å². The molecule has 2 heterocycles. The Morgan fingerprint density at radius 1 is 1.33 bits per heavy atom. The van der Waals surface area contributed by atoms with Gasteiger partial charge in [-0.25, -0.2) is 0 Å². The quantitative estimate of drug-likeness (QED) is 0.796. The third-order valence-corrected chi connectivity index (χ3v) is 3.26. The summed E-state index contributed by atoms with van der Waals surface area (Å²) < 4.78 is 1.79. The zero-order valence-electron chi connectivity index (χ0n) is 12.6. The van der Waals surface area contributed by atoms with E-state index in [0.717, 1.165) is 25.0 Å². The number of carbonyl (C=O) groups excluding carboxylic acids is 1. The van der Waals surface area contributed by atoms with Crippen molar-refractivity contribution in [3.8, 4) is 0 Å². The van der Waals surface area contributed by atoms with E-state index in [1.54, 1.807) is 17.1 Å². The summed E-state index contributed by atoms with van der Waals surface area (Å²) in [6.45, 7) is 4.75. The van der Waals surface area contributed by atoms with Crippen molar-refractivity contribution in [1.82, 2.24) is 20.1 Å². The van der Waals surface area contributed by atoms with Crippen LogP contribution in [-0.2, 0) is 6.42 Å². The van der Waals surface area contributed by atoms with E-state index < -0.39 is 0 Å². The second kappa shape index (κ2) is 7.57. The van der Waals surface area contributed by atoms with Crippen molar-refractivity contribution in [2.24, 2.45) is 0 Å². The lowest BCUT2D eigenvalue weighted by molar-refractivity contribution is 0.0953. The molecule has 2 rings (SSSR count). The lowest BCUT2D eigenvalue weighted by Crippen LogP contribution is -2.24. The fourth-order valence-electron chi connectivity index (χ4n) is 2.02. The summed E-state index contributed by atoms with van der Waals surface area (Å²) in [4.78, 5) is 16.2. The Morgan fingerprint density at radius 2 is 2.19 bits per heavy atom. The van der Waals surface area contributed by atoms with Crippen molar-refractivity contribution in [3.05, 3.63) is 48.0 Å². The van der Waals surface area contributed by atoms with Gasteiger partial charge in [0.1, 0.15) is 0 Å². The highest BCUT2D eigenvalue weighted by molar-refractivity contribution is 5.93. The van der Waals surface area contributed by atoms with Crippen molar-refractivity contribution in [2.45, 2.75) is 39.2 Å². The minimum atomic E-state index is -0.0558. The first-order chi connectivity index (χ1) is 10.2. The fraction of sp³-hybridized carbons (Fsp3) is 0.438. The molecule has 5 heteroatoms. The van der Waals surface area contributed by atoms with Crippen LogP contribution >= 0.6 is 0 Å². The predicted octanol–water partition coefficient (Wildman–Crippen LogP) is 2.61. The van der Waals surface area contributed by atoms with Gasteiger partial charge in [-0.1, -0.05) is 6.07 Å². The molecule has 2 aromatic rings. The molecule has 0 bridgehead atoms. The number of hydrogen-bond acceptors (Lipinski definition) is 3. The molecule has 2 aromatic heterocycles. The van der Waals surface area contributed by atoms with E-state index in [1.165, 1.54) is 0 Å². The maximum absolute atomic E-state index is 11.9. The summed E-state index contributed by atoms with van der Waals surface area (Å²) in [7, 11) is 0. The van der Waals surface area contributed by atoms with Crippen LogP contribution in [0.15, 0.2) is 36.8 Å². The van der Waals surface area contributed by atoms with Gasteiger partial charge in [0.2, 0.25) is 0 Å². The van der Waals surface area contributed by atoms with Crippen molar-refractivity contribution in [3.63, 3.8) is 0 Å². The molecule has 0 aliphatic heterocycles. The molecular formula is C16H22N4O. The summed E-state index contributed by atoms with van der Waals surface area (Å²) >= 11 is 0. The average Bonchev–Trinajstić information content (AvgIpc) is 2.98. The molecule has 112 valence electrons. The number of nitrogens with zero attached hydrogens (tertiary/aromatic N) is 3. The number of rotatable bonds is 7. The van der Waals surface area contributed by atoms with Gasteiger partial charge in [0.15, 0.2) is 0 Å². The highest BCUT2D eigenvalue weighted by atomic mass is 16.1. The SMILES string of the molecule is CC(C)n1cc(C(=O)NCCCCc2ccccn2)cn1. The number of aryl methyl sites for hydroxylation is 1. The highest BCUT2D eigenvalue weighted by Crippen LogP contribution is 2.05. The number of unbranched alkanes of at least 4 members (excludes halogenated alkanes) is 1. The van der Waals surface area contributed by atoms with E-state index >= 15 is 0 Å². The second-order valence-electron chi connectivity index (χ2n) is 5.34. The summed E-state index contributed by atoms with van der Waals surface area (Å²) in [6, 6.07) is 6.21. The first kappa shape index (κ1) is 15.2. The van der Waals surface area contributed by atoms with Gasteiger partial charge in [0, 0.05) is 30.7 Å². The van der Waals surface area contributed by atoms with Crippen molar-refractivity contribution in [2.75, 3.05) is 6.54 Å². The minimum Gasteiger partial charge on any atom is -0.352 e. The molecule has 0 aliphatic rings. The standard InChI is InChI=1S/C16H22N4O/c1-13(2)20-12-14(11-19-20)16(21)18-10-6-4-8-15-7-3-5-9-17-15/h3,5,7,9,11-13H,4,6,8,10H2,1-2H3,(H,18,21). The fourth-order valence-corrected chi connectivity index (χ4v) is 2.02. The molecule has 0 saturated heterocycles. The first-order valence-corrected chi connectivity index (χ1v) is 7.39. The molecule has 0 aliphatic carbocycles. The van der Waals surface area contributed by atoms with Crippen molar-refractivity contribution in [1.29, 1.82) is 0 Å².